The number of hydrogen-bond donors (Lipinski definition) is 1. The van der Waals surface area contributed by atoms with Gasteiger partial charge in [-0.1, -0.05) is 36.5 Å². The Bertz CT molecular complexity index is 801. The maximum atomic E-state index is 13.0. The van der Waals surface area contributed by atoms with Crippen molar-refractivity contribution in [2.24, 2.45) is 0 Å². The number of carboxylic acids is 1. The fraction of sp³-hybridized carbons (Fsp3) is 0.412. The van der Waals surface area contributed by atoms with Crippen molar-refractivity contribution in [2.75, 3.05) is 18.0 Å². The zero-order chi connectivity index (χ0) is 18.9. The third-order valence-electron chi connectivity index (χ3n) is 4.13. The van der Waals surface area contributed by atoms with Crippen LogP contribution in [0.5, 0.6) is 0 Å². The summed E-state index contributed by atoms with van der Waals surface area (Å²) in [5.74, 6) is -0.998. The normalized spacial score (nSPS) is 15.2. The van der Waals surface area contributed by atoms with Gasteiger partial charge in [-0.3, -0.25) is 0 Å². The van der Waals surface area contributed by atoms with E-state index in [-0.39, 0.29) is 23.2 Å². The van der Waals surface area contributed by atoms with Crippen LogP contribution in [0.25, 0.3) is 0 Å². The number of carbonyl (C=O) groups is 1. The third-order valence-corrected chi connectivity index (χ3v) is 5.28. The van der Waals surface area contributed by atoms with E-state index in [0.717, 1.165) is 17.4 Å². The second-order valence-electron chi connectivity index (χ2n) is 5.92. The number of benzene rings is 1. The summed E-state index contributed by atoms with van der Waals surface area (Å²) in [6, 6.07) is 5.36. The molecule has 3 rings (SSSR count). The first-order valence-corrected chi connectivity index (χ1v) is 8.86. The van der Waals surface area contributed by atoms with Crippen molar-refractivity contribution in [1.82, 2.24) is 4.98 Å². The van der Waals surface area contributed by atoms with Crippen LogP contribution < -0.4 is 4.90 Å². The van der Waals surface area contributed by atoms with Crippen LogP contribution in [0.15, 0.2) is 24.3 Å². The average molecular weight is 386 g/mol. The van der Waals surface area contributed by atoms with Gasteiger partial charge in [0.1, 0.15) is 4.88 Å². The molecule has 1 aromatic heterocycles. The van der Waals surface area contributed by atoms with Crippen molar-refractivity contribution >= 4 is 22.4 Å². The lowest BCUT2D eigenvalue weighted by Crippen LogP contribution is -2.52. The lowest BCUT2D eigenvalue weighted by atomic mass is 10.1. The van der Waals surface area contributed by atoms with Crippen molar-refractivity contribution in [2.45, 2.75) is 32.2 Å². The van der Waals surface area contributed by atoms with E-state index in [1.807, 2.05) is 11.8 Å². The molecule has 0 aliphatic carbocycles. The van der Waals surface area contributed by atoms with E-state index >= 15 is 0 Å². The number of halogens is 3. The molecule has 0 saturated carbocycles. The summed E-state index contributed by atoms with van der Waals surface area (Å²) in [4.78, 5) is 17.6. The molecule has 0 radical (unpaired) electrons. The fourth-order valence-electron chi connectivity index (χ4n) is 2.71. The molecule has 0 atom stereocenters. The van der Waals surface area contributed by atoms with Gasteiger partial charge in [-0.25, -0.2) is 9.78 Å². The molecule has 1 saturated heterocycles. The van der Waals surface area contributed by atoms with Crippen molar-refractivity contribution in [3.05, 3.63) is 46.0 Å². The van der Waals surface area contributed by atoms with Gasteiger partial charge in [0, 0.05) is 13.1 Å². The summed E-state index contributed by atoms with van der Waals surface area (Å²) in [5.41, 5.74) is -0.0371. The molecular weight excluding hydrogens is 369 g/mol. The lowest BCUT2D eigenvalue weighted by Gasteiger charge is -2.38. The van der Waals surface area contributed by atoms with Crippen molar-refractivity contribution < 1.29 is 27.8 Å². The number of aryl methyl sites for hydroxylation is 1. The van der Waals surface area contributed by atoms with E-state index in [1.165, 1.54) is 12.1 Å². The lowest BCUT2D eigenvalue weighted by molar-refractivity contribution is -0.139. The van der Waals surface area contributed by atoms with Crippen LogP contribution in [0.2, 0.25) is 0 Å². The molecule has 1 fully saturated rings. The minimum Gasteiger partial charge on any atom is -0.477 e. The Balaban J connectivity index is 1.58. The van der Waals surface area contributed by atoms with Gasteiger partial charge in [-0.2, -0.15) is 13.2 Å². The number of thiazole rings is 1. The van der Waals surface area contributed by atoms with E-state index in [1.54, 1.807) is 6.07 Å². The predicted octanol–water partition coefficient (Wildman–Crippen LogP) is 3.83. The number of ether oxygens (including phenoxy) is 1. The molecule has 0 bridgehead atoms. The second-order valence-corrected chi connectivity index (χ2v) is 6.90. The van der Waals surface area contributed by atoms with Gasteiger partial charge < -0.3 is 14.7 Å². The Morgan fingerprint density at radius 3 is 2.65 bits per heavy atom. The average Bonchev–Trinajstić information content (AvgIpc) is 2.97. The largest absolute Gasteiger partial charge is 0.477 e. The fourth-order valence-corrected chi connectivity index (χ4v) is 3.72. The monoisotopic (exact) mass is 386 g/mol. The number of aromatic nitrogens is 1. The minimum atomic E-state index is -4.41. The van der Waals surface area contributed by atoms with Crippen molar-refractivity contribution in [1.29, 1.82) is 0 Å². The quantitative estimate of drug-likeness (QED) is 0.818. The number of alkyl halides is 3. The standard InChI is InChI=1S/C17H17F3N2O3S/c1-2-13-14(15(23)24)26-16(21-13)22-7-11(8-22)25-9-10-5-3-4-6-12(10)17(18,19)20/h3-6,11H,2,7-9H2,1H3,(H,23,24). The Kier molecular flexibility index (Phi) is 5.19. The van der Waals surface area contributed by atoms with E-state index in [0.29, 0.717) is 30.3 Å². The molecule has 0 amide bonds. The molecule has 0 unspecified atom stereocenters. The van der Waals surface area contributed by atoms with E-state index in [4.69, 9.17) is 4.74 Å². The predicted molar refractivity (Wildman–Crippen MR) is 90.7 cm³/mol. The highest BCUT2D eigenvalue weighted by Crippen LogP contribution is 2.33. The van der Waals surface area contributed by atoms with E-state index in [2.05, 4.69) is 4.98 Å². The summed E-state index contributed by atoms with van der Waals surface area (Å²) in [6.45, 7) is 2.67. The van der Waals surface area contributed by atoms with Crippen LogP contribution >= 0.6 is 11.3 Å². The molecule has 1 N–H and O–H groups in total. The first-order valence-electron chi connectivity index (χ1n) is 8.04. The summed E-state index contributed by atoms with van der Waals surface area (Å²) in [5, 5.41) is 9.78. The van der Waals surface area contributed by atoms with Crippen LogP contribution in [-0.4, -0.2) is 35.3 Å². The maximum Gasteiger partial charge on any atom is 0.416 e. The molecule has 2 heterocycles. The zero-order valence-corrected chi connectivity index (χ0v) is 14.7. The highest BCUT2D eigenvalue weighted by molar-refractivity contribution is 7.17. The van der Waals surface area contributed by atoms with Gasteiger partial charge >= 0.3 is 12.1 Å². The van der Waals surface area contributed by atoms with Crippen LogP contribution in [0.1, 0.15) is 33.4 Å². The van der Waals surface area contributed by atoms with Gasteiger partial charge in [-0.15, -0.1) is 0 Å². The van der Waals surface area contributed by atoms with Gasteiger partial charge in [0.25, 0.3) is 0 Å². The molecule has 26 heavy (non-hydrogen) atoms. The van der Waals surface area contributed by atoms with Gasteiger partial charge in [0.05, 0.1) is 24.0 Å². The van der Waals surface area contributed by atoms with E-state index in [9.17, 15) is 23.1 Å². The Morgan fingerprint density at radius 1 is 1.38 bits per heavy atom. The van der Waals surface area contributed by atoms with Crippen LogP contribution in [0, 0.1) is 0 Å². The maximum absolute atomic E-state index is 13.0. The topological polar surface area (TPSA) is 62.7 Å². The Hall–Kier alpha value is -2.13. The van der Waals surface area contributed by atoms with Crippen molar-refractivity contribution in [3.8, 4) is 0 Å². The molecule has 1 aliphatic heterocycles. The number of nitrogens with zero attached hydrogens (tertiary/aromatic N) is 2. The molecule has 2 aromatic rings. The van der Waals surface area contributed by atoms with Crippen LogP contribution in [-0.2, 0) is 23.9 Å². The summed E-state index contributed by atoms with van der Waals surface area (Å²) >= 11 is 1.11. The summed E-state index contributed by atoms with van der Waals surface area (Å²) in [7, 11) is 0. The first kappa shape index (κ1) is 18.7. The highest BCUT2D eigenvalue weighted by atomic mass is 32.1. The minimum absolute atomic E-state index is 0.106. The second kappa shape index (κ2) is 7.24. The third kappa shape index (κ3) is 3.83. The molecular formula is C17H17F3N2O3S. The van der Waals surface area contributed by atoms with Gasteiger partial charge in [0.15, 0.2) is 5.13 Å². The smallest absolute Gasteiger partial charge is 0.416 e. The molecule has 5 nitrogen and oxygen atoms in total. The molecule has 140 valence electrons. The molecule has 1 aliphatic rings. The highest BCUT2D eigenvalue weighted by Gasteiger charge is 2.34. The Labute approximate surface area is 152 Å². The van der Waals surface area contributed by atoms with Crippen LogP contribution in [0.3, 0.4) is 0 Å². The first-order chi connectivity index (χ1) is 12.3. The van der Waals surface area contributed by atoms with Crippen molar-refractivity contribution in [3.63, 3.8) is 0 Å². The zero-order valence-electron chi connectivity index (χ0n) is 13.9. The summed E-state index contributed by atoms with van der Waals surface area (Å²) < 4.78 is 44.5. The number of hydrogen-bond acceptors (Lipinski definition) is 5. The SMILES string of the molecule is CCc1nc(N2CC(OCc3ccccc3C(F)(F)F)C2)sc1C(=O)O. The summed E-state index contributed by atoms with van der Waals surface area (Å²) in [6.07, 6.45) is -4.09. The van der Waals surface area contributed by atoms with Crippen LogP contribution in [0.4, 0.5) is 18.3 Å². The molecule has 9 heteroatoms. The van der Waals surface area contributed by atoms with Gasteiger partial charge in [-0.05, 0) is 18.1 Å². The number of aromatic carboxylic acids is 1. The molecule has 0 spiro atoms. The number of anilines is 1. The van der Waals surface area contributed by atoms with E-state index < -0.39 is 17.7 Å². The Morgan fingerprint density at radius 2 is 2.08 bits per heavy atom. The number of rotatable bonds is 6. The van der Waals surface area contributed by atoms with Gasteiger partial charge in [0.2, 0.25) is 0 Å². The molecule has 1 aromatic carbocycles. The number of carboxylic acid groups (broad SMARTS) is 1.